The predicted octanol–water partition coefficient (Wildman–Crippen LogP) is 2.06. The fraction of sp³-hybridized carbons (Fsp3) is 0.250. The summed E-state index contributed by atoms with van der Waals surface area (Å²) in [6, 6.07) is 12.6. The summed E-state index contributed by atoms with van der Waals surface area (Å²) in [5.41, 5.74) is 8.63. The van der Waals surface area contributed by atoms with Crippen LogP contribution < -0.4 is 16.2 Å². The van der Waals surface area contributed by atoms with E-state index in [-0.39, 0.29) is 12.5 Å². The Morgan fingerprint density at radius 1 is 0.808 bits per heavy atom. The maximum Gasteiger partial charge on any atom is 0.269 e. The van der Waals surface area contributed by atoms with Crippen molar-refractivity contribution in [3.8, 4) is 0 Å². The van der Waals surface area contributed by atoms with E-state index in [4.69, 9.17) is 0 Å². The van der Waals surface area contributed by atoms with Crippen molar-refractivity contribution in [1.82, 2.24) is 16.2 Å². The summed E-state index contributed by atoms with van der Waals surface area (Å²) < 4.78 is 0. The van der Waals surface area contributed by atoms with Gasteiger partial charge in [-0.1, -0.05) is 36.2 Å². The molecule has 0 atom stereocenters. The molecule has 0 saturated heterocycles. The highest BCUT2D eigenvalue weighted by molar-refractivity contribution is 5.98. The molecule has 0 unspecified atom stereocenters. The molecule has 2 aromatic rings. The van der Waals surface area contributed by atoms with Crippen LogP contribution >= 0.6 is 0 Å². The molecule has 0 aliphatic heterocycles. The van der Waals surface area contributed by atoms with E-state index in [2.05, 4.69) is 16.2 Å². The number of hydrazine groups is 1. The van der Waals surface area contributed by atoms with Gasteiger partial charge in [0.2, 0.25) is 0 Å². The minimum atomic E-state index is -0.513. The van der Waals surface area contributed by atoms with Crippen LogP contribution in [0.3, 0.4) is 0 Å². The third kappa shape index (κ3) is 5.44. The topological polar surface area (TPSA) is 87.3 Å². The number of hydrogen-bond donors (Lipinski definition) is 3. The summed E-state index contributed by atoms with van der Waals surface area (Å²) in [5.74, 6) is -1.27. The molecule has 0 spiro atoms. The van der Waals surface area contributed by atoms with Gasteiger partial charge < -0.3 is 5.32 Å². The van der Waals surface area contributed by atoms with Gasteiger partial charge in [-0.2, -0.15) is 0 Å². The number of hydrogen-bond acceptors (Lipinski definition) is 3. The third-order valence-corrected chi connectivity index (χ3v) is 3.83. The molecule has 26 heavy (non-hydrogen) atoms. The van der Waals surface area contributed by atoms with E-state index in [9.17, 15) is 14.4 Å². The van der Waals surface area contributed by atoms with Gasteiger partial charge in [0.25, 0.3) is 17.7 Å². The van der Waals surface area contributed by atoms with Crippen molar-refractivity contribution in [1.29, 1.82) is 0 Å². The summed E-state index contributed by atoms with van der Waals surface area (Å²) in [5, 5.41) is 2.53. The van der Waals surface area contributed by atoms with E-state index in [1.807, 2.05) is 39.0 Å². The highest BCUT2D eigenvalue weighted by Crippen LogP contribution is 2.08. The Kier molecular flexibility index (Phi) is 6.49. The molecule has 0 heterocycles. The van der Waals surface area contributed by atoms with Crippen molar-refractivity contribution in [3.05, 3.63) is 70.3 Å². The number of amides is 3. The summed E-state index contributed by atoms with van der Waals surface area (Å²) in [6.45, 7) is 5.60. The molecule has 0 aliphatic rings. The van der Waals surface area contributed by atoms with Crippen LogP contribution in [0, 0.1) is 13.8 Å². The minimum Gasteiger partial charge on any atom is -0.343 e. The van der Waals surface area contributed by atoms with Gasteiger partial charge in [-0.15, -0.1) is 0 Å². The van der Waals surface area contributed by atoms with Crippen LogP contribution in [0.5, 0.6) is 0 Å². The molecule has 0 aliphatic carbocycles. The molecule has 6 nitrogen and oxygen atoms in total. The van der Waals surface area contributed by atoms with Gasteiger partial charge in [0.15, 0.2) is 0 Å². The van der Waals surface area contributed by atoms with Gasteiger partial charge in [-0.05, 0) is 50.1 Å². The number of rotatable bonds is 5. The molecule has 0 bridgehead atoms. The molecular formula is C20H23N3O3. The zero-order chi connectivity index (χ0) is 19.1. The molecule has 136 valence electrons. The maximum atomic E-state index is 12.1. The van der Waals surface area contributed by atoms with Gasteiger partial charge in [0.1, 0.15) is 0 Å². The van der Waals surface area contributed by atoms with E-state index in [0.29, 0.717) is 11.1 Å². The second-order valence-electron chi connectivity index (χ2n) is 6.11. The highest BCUT2D eigenvalue weighted by atomic mass is 16.2. The van der Waals surface area contributed by atoms with E-state index in [1.165, 1.54) is 0 Å². The van der Waals surface area contributed by atoms with Gasteiger partial charge in [0, 0.05) is 11.1 Å². The van der Waals surface area contributed by atoms with Gasteiger partial charge >= 0.3 is 0 Å². The first-order valence-corrected chi connectivity index (χ1v) is 8.43. The number of carbonyl (C=O) groups excluding carboxylic acids is 3. The van der Waals surface area contributed by atoms with E-state index >= 15 is 0 Å². The Labute approximate surface area is 153 Å². The second kappa shape index (κ2) is 8.80. The third-order valence-electron chi connectivity index (χ3n) is 3.83. The molecule has 2 rings (SSSR count). The first-order valence-electron chi connectivity index (χ1n) is 8.43. The molecule has 0 radical (unpaired) electrons. The Morgan fingerprint density at radius 2 is 1.42 bits per heavy atom. The lowest BCUT2D eigenvalue weighted by atomic mass is 10.1. The molecular weight excluding hydrogens is 330 g/mol. The first-order chi connectivity index (χ1) is 12.4. The quantitative estimate of drug-likeness (QED) is 0.719. The molecule has 2 aromatic carbocycles. The number of benzene rings is 2. The number of aryl methyl sites for hydroxylation is 3. The van der Waals surface area contributed by atoms with Crippen molar-refractivity contribution in [2.24, 2.45) is 0 Å². The van der Waals surface area contributed by atoms with Crippen LogP contribution in [-0.2, 0) is 11.2 Å². The fourth-order valence-corrected chi connectivity index (χ4v) is 2.50. The first kappa shape index (κ1) is 19.2. The monoisotopic (exact) mass is 353 g/mol. The summed E-state index contributed by atoms with van der Waals surface area (Å²) in [4.78, 5) is 35.9. The zero-order valence-electron chi connectivity index (χ0n) is 15.2. The zero-order valence-corrected chi connectivity index (χ0v) is 15.2. The Hall–Kier alpha value is -3.15. The smallest absolute Gasteiger partial charge is 0.269 e. The predicted molar refractivity (Wildman–Crippen MR) is 99.7 cm³/mol. The van der Waals surface area contributed by atoms with Crippen LogP contribution in [0.4, 0.5) is 0 Å². The molecule has 0 fully saturated rings. The van der Waals surface area contributed by atoms with Crippen molar-refractivity contribution in [2.45, 2.75) is 27.2 Å². The molecule has 6 heteroatoms. The standard InChI is InChI=1S/C20H23N3O3/c1-4-15-5-7-16(8-6-15)20(26)23-22-18(24)12-21-19(25)17-10-13(2)9-14(3)11-17/h5-11H,4,12H2,1-3H3,(H,21,25)(H,22,24)(H,23,26). The SMILES string of the molecule is CCc1ccc(C(=O)NNC(=O)CNC(=O)c2cc(C)cc(C)c2)cc1. The van der Waals surface area contributed by atoms with E-state index in [0.717, 1.165) is 23.1 Å². The normalized spacial score (nSPS) is 10.1. The van der Waals surface area contributed by atoms with Crippen LogP contribution in [0.1, 0.15) is 44.3 Å². The maximum absolute atomic E-state index is 12.1. The lowest BCUT2D eigenvalue weighted by Crippen LogP contribution is -2.46. The van der Waals surface area contributed by atoms with Crippen molar-refractivity contribution < 1.29 is 14.4 Å². The largest absolute Gasteiger partial charge is 0.343 e. The average Bonchev–Trinajstić information content (AvgIpc) is 2.63. The van der Waals surface area contributed by atoms with Gasteiger partial charge in [0.05, 0.1) is 6.54 Å². The van der Waals surface area contributed by atoms with Crippen LogP contribution in [-0.4, -0.2) is 24.3 Å². The molecule has 3 amide bonds. The van der Waals surface area contributed by atoms with Crippen molar-refractivity contribution in [2.75, 3.05) is 6.54 Å². The number of nitrogens with one attached hydrogen (secondary N) is 3. The lowest BCUT2D eigenvalue weighted by Gasteiger charge is -2.09. The Bertz CT molecular complexity index is 793. The summed E-state index contributed by atoms with van der Waals surface area (Å²) in [6.07, 6.45) is 0.888. The Balaban J connectivity index is 1.80. The fourth-order valence-electron chi connectivity index (χ4n) is 2.50. The van der Waals surface area contributed by atoms with E-state index < -0.39 is 11.8 Å². The summed E-state index contributed by atoms with van der Waals surface area (Å²) >= 11 is 0. The van der Waals surface area contributed by atoms with Crippen molar-refractivity contribution in [3.63, 3.8) is 0 Å². The molecule has 0 aromatic heterocycles. The summed E-state index contributed by atoms with van der Waals surface area (Å²) in [7, 11) is 0. The van der Waals surface area contributed by atoms with E-state index in [1.54, 1.807) is 24.3 Å². The van der Waals surface area contributed by atoms with Crippen LogP contribution in [0.2, 0.25) is 0 Å². The van der Waals surface area contributed by atoms with Gasteiger partial charge in [-0.3, -0.25) is 25.2 Å². The van der Waals surface area contributed by atoms with Crippen molar-refractivity contribution >= 4 is 17.7 Å². The van der Waals surface area contributed by atoms with Crippen LogP contribution in [0.15, 0.2) is 42.5 Å². The molecule has 0 saturated carbocycles. The van der Waals surface area contributed by atoms with Crippen LogP contribution in [0.25, 0.3) is 0 Å². The Morgan fingerprint density at radius 3 is 2.00 bits per heavy atom. The lowest BCUT2D eigenvalue weighted by molar-refractivity contribution is -0.120. The molecule has 3 N–H and O–H groups in total. The second-order valence-corrected chi connectivity index (χ2v) is 6.11. The number of carbonyl (C=O) groups is 3. The highest BCUT2D eigenvalue weighted by Gasteiger charge is 2.10. The minimum absolute atomic E-state index is 0.235. The average molecular weight is 353 g/mol. The van der Waals surface area contributed by atoms with Gasteiger partial charge in [-0.25, -0.2) is 0 Å².